The predicted molar refractivity (Wildman–Crippen MR) is 130 cm³/mol. The molecular weight excluding hydrogens is 454 g/mol. The van der Waals surface area contributed by atoms with E-state index in [1.807, 2.05) is 43.3 Å². The number of halogens is 1. The van der Waals surface area contributed by atoms with Crippen LogP contribution in [0.25, 0.3) is 0 Å². The van der Waals surface area contributed by atoms with Gasteiger partial charge in [0.05, 0.1) is 12.5 Å². The molecule has 0 aromatic heterocycles. The minimum absolute atomic E-state index is 0.0235. The van der Waals surface area contributed by atoms with Crippen LogP contribution in [0.5, 0.6) is 5.75 Å². The van der Waals surface area contributed by atoms with Crippen LogP contribution in [0.3, 0.4) is 0 Å². The standard InChI is InChI=1S/C26H26ClN3O4/c1-17-14-22(12-13-23(17)27)34-16-19-8-10-21(11-9-19)26(33)30-29-25(32)15-24(28-18(2)31)20-6-4-3-5-7-20/h3-14,24H,15-16H2,1-2H3,(H,28,31)(H,29,32)(H,30,33)/t24-/m0/s1. The average molecular weight is 480 g/mol. The number of carbonyl (C=O) groups excluding carboxylic acids is 3. The van der Waals surface area contributed by atoms with E-state index in [2.05, 4.69) is 16.2 Å². The molecule has 3 N–H and O–H groups in total. The summed E-state index contributed by atoms with van der Waals surface area (Å²) in [5.41, 5.74) is 7.80. The normalized spacial score (nSPS) is 11.3. The minimum Gasteiger partial charge on any atom is -0.489 e. The number of hydrogen-bond donors (Lipinski definition) is 3. The second-order valence-electron chi connectivity index (χ2n) is 7.77. The first-order valence-electron chi connectivity index (χ1n) is 10.7. The number of amides is 3. The van der Waals surface area contributed by atoms with E-state index < -0.39 is 17.9 Å². The van der Waals surface area contributed by atoms with E-state index in [0.717, 1.165) is 16.7 Å². The molecule has 3 amide bonds. The highest BCUT2D eigenvalue weighted by molar-refractivity contribution is 6.31. The maximum absolute atomic E-state index is 12.4. The zero-order valence-corrected chi connectivity index (χ0v) is 19.7. The van der Waals surface area contributed by atoms with Gasteiger partial charge < -0.3 is 10.1 Å². The quantitative estimate of drug-likeness (QED) is 0.421. The lowest BCUT2D eigenvalue weighted by atomic mass is 10.0. The van der Waals surface area contributed by atoms with Crippen molar-refractivity contribution in [2.45, 2.75) is 32.9 Å². The summed E-state index contributed by atoms with van der Waals surface area (Å²) in [6.07, 6.45) is -0.0235. The second-order valence-corrected chi connectivity index (χ2v) is 8.17. The maximum atomic E-state index is 12.4. The monoisotopic (exact) mass is 479 g/mol. The van der Waals surface area contributed by atoms with Crippen molar-refractivity contribution in [2.24, 2.45) is 0 Å². The molecule has 0 aliphatic carbocycles. The van der Waals surface area contributed by atoms with Crippen molar-refractivity contribution in [1.29, 1.82) is 0 Å². The molecule has 0 unspecified atom stereocenters. The van der Waals surface area contributed by atoms with E-state index in [-0.39, 0.29) is 12.3 Å². The number of carbonyl (C=O) groups is 3. The predicted octanol–water partition coefficient (Wildman–Crippen LogP) is 4.26. The molecule has 0 radical (unpaired) electrons. The second kappa shape index (κ2) is 11.9. The lowest BCUT2D eigenvalue weighted by molar-refractivity contribution is -0.123. The third-order valence-electron chi connectivity index (χ3n) is 5.04. The van der Waals surface area contributed by atoms with E-state index in [0.29, 0.717) is 22.9 Å². The summed E-state index contributed by atoms with van der Waals surface area (Å²) in [6.45, 7) is 3.63. The molecule has 7 nitrogen and oxygen atoms in total. The van der Waals surface area contributed by atoms with Gasteiger partial charge in [0.15, 0.2) is 0 Å². The Hall–Kier alpha value is -3.84. The van der Waals surface area contributed by atoms with Gasteiger partial charge >= 0.3 is 0 Å². The molecular formula is C26H26ClN3O4. The molecule has 0 spiro atoms. The Labute approximate surface area is 203 Å². The minimum atomic E-state index is -0.501. The molecule has 0 fully saturated rings. The van der Waals surface area contributed by atoms with E-state index >= 15 is 0 Å². The summed E-state index contributed by atoms with van der Waals surface area (Å²) >= 11 is 6.03. The van der Waals surface area contributed by atoms with Crippen LogP contribution in [0.2, 0.25) is 5.02 Å². The van der Waals surface area contributed by atoms with Gasteiger partial charge in [-0.05, 0) is 53.9 Å². The Morgan fingerprint density at radius 2 is 1.65 bits per heavy atom. The van der Waals surface area contributed by atoms with Gasteiger partial charge in [0.25, 0.3) is 5.91 Å². The van der Waals surface area contributed by atoms with Crippen molar-refractivity contribution in [3.05, 3.63) is 100 Å². The largest absolute Gasteiger partial charge is 0.489 e. The topological polar surface area (TPSA) is 96.5 Å². The number of hydrazine groups is 1. The number of nitrogens with one attached hydrogen (secondary N) is 3. The van der Waals surface area contributed by atoms with Gasteiger partial charge in [-0.1, -0.05) is 54.1 Å². The van der Waals surface area contributed by atoms with Gasteiger partial charge in [-0.2, -0.15) is 0 Å². The van der Waals surface area contributed by atoms with Crippen molar-refractivity contribution < 1.29 is 19.1 Å². The molecule has 176 valence electrons. The van der Waals surface area contributed by atoms with Crippen LogP contribution in [-0.4, -0.2) is 17.7 Å². The van der Waals surface area contributed by atoms with Crippen LogP contribution in [-0.2, 0) is 16.2 Å². The molecule has 0 aliphatic rings. The van der Waals surface area contributed by atoms with Crippen LogP contribution in [0, 0.1) is 6.92 Å². The van der Waals surface area contributed by atoms with Crippen LogP contribution in [0.4, 0.5) is 0 Å². The van der Waals surface area contributed by atoms with Crippen molar-refractivity contribution >= 4 is 29.3 Å². The fraction of sp³-hybridized carbons (Fsp3) is 0.192. The van der Waals surface area contributed by atoms with Crippen LogP contribution >= 0.6 is 11.6 Å². The highest BCUT2D eigenvalue weighted by Gasteiger charge is 2.17. The van der Waals surface area contributed by atoms with E-state index in [4.69, 9.17) is 16.3 Å². The first kappa shape index (κ1) is 24.8. The van der Waals surface area contributed by atoms with Crippen molar-refractivity contribution in [2.75, 3.05) is 0 Å². The Bertz CT molecular complexity index is 1150. The highest BCUT2D eigenvalue weighted by Crippen LogP contribution is 2.22. The molecule has 0 aliphatic heterocycles. The van der Waals surface area contributed by atoms with Crippen LogP contribution in [0.1, 0.15) is 46.4 Å². The van der Waals surface area contributed by atoms with Gasteiger partial charge in [0.1, 0.15) is 12.4 Å². The fourth-order valence-electron chi connectivity index (χ4n) is 3.24. The third kappa shape index (κ3) is 7.35. The maximum Gasteiger partial charge on any atom is 0.269 e. The Kier molecular flexibility index (Phi) is 8.65. The SMILES string of the molecule is CC(=O)N[C@@H](CC(=O)NNC(=O)c1ccc(COc2ccc(Cl)c(C)c2)cc1)c1ccccc1. The molecule has 34 heavy (non-hydrogen) atoms. The molecule has 0 bridgehead atoms. The molecule has 0 saturated heterocycles. The third-order valence-corrected chi connectivity index (χ3v) is 5.46. The number of hydrogen-bond acceptors (Lipinski definition) is 4. The van der Waals surface area contributed by atoms with Gasteiger partial charge in [0.2, 0.25) is 11.8 Å². The van der Waals surface area contributed by atoms with Crippen molar-refractivity contribution in [1.82, 2.24) is 16.2 Å². The number of benzene rings is 3. The summed E-state index contributed by atoms with van der Waals surface area (Å²) in [4.78, 5) is 36.3. The van der Waals surface area contributed by atoms with Crippen LogP contribution < -0.4 is 20.9 Å². The zero-order chi connectivity index (χ0) is 24.5. The average Bonchev–Trinajstić information content (AvgIpc) is 2.83. The molecule has 3 aromatic rings. The smallest absolute Gasteiger partial charge is 0.269 e. The zero-order valence-electron chi connectivity index (χ0n) is 18.9. The molecule has 0 heterocycles. The van der Waals surface area contributed by atoms with E-state index in [1.54, 1.807) is 36.4 Å². The van der Waals surface area contributed by atoms with Gasteiger partial charge in [-0.15, -0.1) is 0 Å². The van der Waals surface area contributed by atoms with Gasteiger partial charge in [-0.25, -0.2) is 0 Å². The van der Waals surface area contributed by atoms with Crippen molar-refractivity contribution in [3.63, 3.8) is 0 Å². The lowest BCUT2D eigenvalue weighted by Gasteiger charge is -2.18. The van der Waals surface area contributed by atoms with E-state index in [1.165, 1.54) is 6.92 Å². The lowest BCUT2D eigenvalue weighted by Crippen LogP contribution is -2.43. The first-order valence-corrected chi connectivity index (χ1v) is 11.1. The Morgan fingerprint density at radius 1 is 0.941 bits per heavy atom. The molecule has 0 saturated carbocycles. The van der Waals surface area contributed by atoms with Gasteiger partial charge in [-0.3, -0.25) is 25.2 Å². The molecule has 8 heteroatoms. The molecule has 3 aromatic carbocycles. The van der Waals surface area contributed by atoms with Crippen molar-refractivity contribution in [3.8, 4) is 5.75 Å². The Balaban J connectivity index is 1.50. The number of ether oxygens (including phenoxy) is 1. The Morgan fingerprint density at radius 3 is 2.29 bits per heavy atom. The summed E-state index contributed by atoms with van der Waals surface area (Å²) in [5, 5.41) is 3.43. The van der Waals surface area contributed by atoms with Gasteiger partial charge in [0, 0.05) is 17.5 Å². The highest BCUT2D eigenvalue weighted by atomic mass is 35.5. The van der Waals surface area contributed by atoms with Crippen LogP contribution in [0.15, 0.2) is 72.8 Å². The molecule has 3 rings (SSSR count). The fourth-order valence-corrected chi connectivity index (χ4v) is 3.36. The first-order chi connectivity index (χ1) is 16.3. The summed E-state index contributed by atoms with van der Waals surface area (Å²) < 4.78 is 5.76. The summed E-state index contributed by atoms with van der Waals surface area (Å²) in [5.74, 6) is -0.426. The molecule has 1 atom stereocenters. The van der Waals surface area contributed by atoms with E-state index in [9.17, 15) is 14.4 Å². The number of aryl methyl sites for hydroxylation is 1. The summed E-state index contributed by atoms with van der Waals surface area (Å²) in [7, 11) is 0. The number of rotatable bonds is 8. The summed E-state index contributed by atoms with van der Waals surface area (Å²) in [6, 6.07) is 21.0.